The number of anilines is 1. The Bertz CT molecular complexity index is 785. The van der Waals surface area contributed by atoms with Crippen LogP contribution in [-0.2, 0) is 16.0 Å². The van der Waals surface area contributed by atoms with Gasteiger partial charge in [0.25, 0.3) is 0 Å². The van der Waals surface area contributed by atoms with Crippen LogP contribution in [0.1, 0.15) is 39.2 Å². The van der Waals surface area contributed by atoms with Crippen LogP contribution in [0, 0.1) is 0 Å². The van der Waals surface area contributed by atoms with Crippen molar-refractivity contribution in [2.24, 2.45) is 0 Å². The summed E-state index contributed by atoms with van der Waals surface area (Å²) in [7, 11) is 0. The fourth-order valence-electron chi connectivity index (χ4n) is 2.59. The van der Waals surface area contributed by atoms with Gasteiger partial charge < -0.3 is 20.1 Å². The van der Waals surface area contributed by atoms with Crippen LogP contribution in [0.25, 0.3) is 0 Å². The molecule has 6 nitrogen and oxygen atoms in total. The fourth-order valence-corrected chi connectivity index (χ4v) is 2.59. The van der Waals surface area contributed by atoms with E-state index in [0.29, 0.717) is 31.0 Å². The molecule has 2 N–H and O–H groups in total. The zero-order valence-electron chi connectivity index (χ0n) is 17.4. The summed E-state index contributed by atoms with van der Waals surface area (Å²) in [5.74, 6) is 0.513. The van der Waals surface area contributed by atoms with Gasteiger partial charge in [-0.25, -0.2) is 4.79 Å². The number of hydrogen-bond acceptors (Lipinski definition) is 4. The number of carbonyl (C=O) groups is 2. The second-order valence-electron chi connectivity index (χ2n) is 7.66. The molecule has 0 fully saturated rings. The number of para-hydroxylation sites is 2. The van der Waals surface area contributed by atoms with Crippen LogP contribution >= 0.6 is 0 Å². The molecule has 2 amide bonds. The summed E-state index contributed by atoms with van der Waals surface area (Å²) >= 11 is 0. The molecule has 0 unspecified atom stereocenters. The third kappa shape index (κ3) is 9.14. The van der Waals surface area contributed by atoms with E-state index in [1.807, 2.05) is 42.5 Å². The van der Waals surface area contributed by atoms with E-state index in [-0.39, 0.29) is 12.3 Å². The van der Waals surface area contributed by atoms with Crippen molar-refractivity contribution in [2.45, 2.75) is 45.6 Å². The van der Waals surface area contributed by atoms with Gasteiger partial charge in [-0.2, -0.15) is 0 Å². The Kier molecular flexibility index (Phi) is 8.52. The number of benzene rings is 2. The highest BCUT2D eigenvalue weighted by Crippen LogP contribution is 2.24. The lowest BCUT2D eigenvalue weighted by Crippen LogP contribution is -2.33. The second kappa shape index (κ2) is 11.1. The smallest absolute Gasteiger partial charge is 0.407 e. The first kappa shape index (κ1) is 22.3. The highest BCUT2D eigenvalue weighted by atomic mass is 16.6. The summed E-state index contributed by atoms with van der Waals surface area (Å²) in [6.07, 6.45) is 1.12. The fraction of sp³-hybridized carbons (Fsp3) is 0.391. The summed E-state index contributed by atoms with van der Waals surface area (Å²) < 4.78 is 11.0. The standard InChI is InChI=1S/C23H30N2O4/c1-23(2,3)29-22(27)24-16-9-14-21(26)25-19-12-7-8-13-20(19)28-17-15-18-10-5-4-6-11-18/h4-8,10-13H,9,14-17H2,1-3H3,(H,24,27)(H,25,26). The Morgan fingerprint density at radius 1 is 0.966 bits per heavy atom. The molecule has 0 atom stereocenters. The predicted molar refractivity (Wildman–Crippen MR) is 114 cm³/mol. The Labute approximate surface area is 172 Å². The number of hydrogen-bond donors (Lipinski definition) is 2. The third-order valence-corrected chi connectivity index (χ3v) is 3.90. The molecule has 2 aromatic carbocycles. The Morgan fingerprint density at radius 3 is 2.38 bits per heavy atom. The average Bonchev–Trinajstić information content (AvgIpc) is 2.66. The van der Waals surface area contributed by atoms with E-state index in [4.69, 9.17) is 9.47 Å². The molecule has 0 saturated heterocycles. The molecule has 2 rings (SSSR count). The Hall–Kier alpha value is -3.02. The lowest BCUT2D eigenvalue weighted by Gasteiger charge is -2.19. The average molecular weight is 399 g/mol. The first-order chi connectivity index (χ1) is 13.8. The normalized spacial score (nSPS) is 10.9. The van der Waals surface area contributed by atoms with Gasteiger partial charge in [-0.1, -0.05) is 42.5 Å². The van der Waals surface area contributed by atoms with Crippen molar-refractivity contribution in [3.8, 4) is 5.75 Å². The van der Waals surface area contributed by atoms with Gasteiger partial charge in [0.05, 0.1) is 12.3 Å². The van der Waals surface area contributed by atoms with Gasteiger partial charge >= 0.3 is 6.09 Å². The zero-order valence-corrected chi connectivity index (χ0v) is 17.4. The molecule has 0 heterocycles. The highest BCUT2D eigenvalue weighted by Gasteiger charge is 2.15. The molecule has 0 spiro atoms. The van der Waals surface area contributed by atoms with Crippen LogP contribution in [0.4, 0.5) is 10.5 Å². The SMILES string of the molecule is CC(C)(C)OC(=O)NCCCC(=O)Nc1ccccc1OCCc1ccccc1. The van der Waals surface area contributed by atoms with Crippen LogP contribution in [0.5, 0.6) is 5.75 Å². The monoisotopic (exact) mass is 398 g/mol. The zero-order chi connectivity index (χ0) is 21.1. The van der Waals surface area contributed by atoms with Crippen LogP contribution in [-0.4, -0.2) is 30.8 Å². The van der Waals surface area contributed by atoms with E-state index in [0.717, 1.165) is 6.42 Å². The molecule has 6 heteroatoms. The minimum Gasteiger partial charge on any atom is -0.491 e. The van der Waals surface area contributed by atoms with E-state index in [1.54, 1.807) is 20.8 Å². The molecule has 0 aromatic heterocycles. The van der Waals surface area contributed by atoms with E-state index in [1.165, 1.54) is 5.56 Å². The molecule has 0 aliphatic heterocycles. The van der Waals surface area contributed by atoms with Gasteiger partial charge in [0, 0.05) is 19.4 Å². The molecule has 2 aromatic rings. The van der Waals surface area contributed by atoms with Crippen molar-refractivity contribution in [3.63, 3.8) is 0 Å². The largest absolute Gasteiger partial charge is 0.491 e. The molecule has 0 bridgehead atoms. The second-order valence-corrected chi connectivity index (χ2v) is 7.66. The molecule has 0 aliphatic rings. The molecular formula is C23H30N2O4. The minimum absolute atomic E-state index is 0.130. The maximum Gasteiger partial charge on any atom is 0.407 e. The van der Waals surface area contributed by atoms with E-state index >= 15 is 0 Å². The topological polar surface area (TPSA) is 76.7 Å². The van der Waals surface area contributed by atoms with Crippen LogP contribution in [0.15, 0.2) is 54.6 Å². The number of alkyl carbamates (subject to hydrolysis) is 1. The maximum atomic E-state index is 12.2. The van der Waals surface area contributed by atoms with Crippen LogP contribution in [0.2, 0.25) is 0 Å². The van der Waals surface area contributed by atoms with Gasteiger partial charge in [0.2, 0.25) is 5.91 Å². The lowest BCUT2D eigenvalue weighted by atomic mass is 10.2. The van der Waals surface area contributed by atoms with Crippen molar-refractivity contribution in [3.05, 3.63) is 60.2 Å². The van der Waals surface area contributed by atoms with E-state index in [2.05, 4.69) is 22.8 Å². The lowest BCUT2D eigenvalue weighted by molar-refractivity contribution is -0.116. The summed E-state index contributed by atoms with van der Waals surface area (Å²) in [6, 6.07) is 17.5. The highest BCUT2D eigenvalue weighted by molar-refractivity contribution is 5.92. The van der Waals surface area contributed by atoms with E-state index < -0.39 is 11.7 Å². The van der Waals surface area contributed by atoms with Gasteiger partial charge in [0.1, 0.15) is 11.4 Å². The minimum atomic E-state index is -0.536. The van der Waals surface area contributed by atoms with Crippen molar-refractivity contribution < 1.29 is 19.1 Å². The maximum absolute atomic E-state index is 12.2. The van der Waals surface area contributed by atoms with Gasteiger partial charge in [-0.3, -0.25) is 4.79 Å². The summed E-state index contributed by atoms with van der Waals surface area (Å²) in [4.78, 5) is 23.8. The van der Waals surface area contributed by atoms with Gasteiger partial charge in [0.15, 0.2) is 0 Å². The van der Waals surface area contributed by atoms with Crippen molar-refractivity contribution >= 4 is 17.7 Å². The first-order valence-electron chi connectivity index (χ1n) is 9.86. The van der Waals surface area contributed by atoms with E-state index in [9.17, 15) is 9.59 Å². The molecule has 156 valence electrons. The molecule has 0 aliphatic carbocycles. The summed E-state index contributed by atoms with van der Waals surface area (Å²) in [6.45, 7) is 6.31. The number of amides is 2. The molecule has 0 radical (unpaired) electrons. The van der Waals surface area contributed by atoms with Gasteiger partial charge in [-0.15, -0.1) is 0 Å². The Balaban J connectivity index is 1.73. The Morgan fingerprint density at radius 2 is 1.66 bits per heavy atom. The number of carbonyl (C=O) groups excluding carboxylic acids is 2. The van der Waals surface area contributed by atoms with Crippen LogP contribution in [0.3, 0.4) is 0 Å². The van der Waals surface area contributed by atoms with Gasteiger partial charge in [-0.05, 0) is 44.9 Å². The van der Waals surface area contributed by atoms with Crippen molar-refractivity contribution in [1.82, 2.24) is 5.32 Å². The first-order valence-corrected chi connectivity index (χ1v) is 9.86. The molecular weight excluding hydrogens is 368 g/mol. The number of rotatable bonds is 9. The molecule has 0 saturated carbocycles. The number of ether oxygens (including phenoxy) is 2. The number of nitrogens with one attached hydrogen (secondary N) is 2. The summed E-state index contributed by atoms with van der Waals surface area (Å²) in [5.41, 5.74) is 1.31. The third-order valence-electron chi connectivity index (χ3n) is 3.90. The van der Waals surface area contributed by atoms with Crippen molar-refractivity contribution in [2.75, 3.05) is 18.5 Å². The molecule has 29 heavy (non-hydrogen) atoms. The quantitative estimate of drug-likeness (QED) is 0.608. The van der Waals surface area contributed by atoms with Crippen molar-refractivity contribution in [1.29, 1.82) is 0 Å². The predicted octanol–water partition coefficient (Wildman–Crippen LogP) is 4.55. The van der Waals surface area contributed by atoms with Crippen LogP contribution < -0.4 is 15.4 Å². The summed E-state index contributed by atoms with van der Waals surface area (Å²) in [5, 5.41) is 5.53.